The van der Waals surface area contributed by atoms with Gasteiger partial charge in [-0.05, 0) is 37.9 Å². The van der Waals surface area contributed by atoms with Crippen molar-refractivity contribution < 1.29 is 8.42 Å². The first-order chi connectivity index (χ1) is 10.1. The highest BCUT2D eigenvalue weighted by Gasteiger charge is 2.18. The van der Waals surface area contributed by atoms with E-state index in [4.69, 9.17) is 0 Å². The van der Waals surface area contributed by atoms with Crippen LogP contribution in [0.25, 0.3) is 11.0 Å². The van der Waals surface area contributed by atoms with Crippen LogP contribution in [0.4, 0.5) is 5.95 Å². The van der Waals surface area contributed by atoms with Gasteiger partial charge in [-0.3, -0.25) is 4.72 Å². The fourth-order valence-electron chi connectivity index (χ4n) is 2.67. The first-order valence-electron chi connectivity index (χ1n) is 7.31. The zero-order valence-corrected chi connectivity index (χ0v) is 12.6. The third-order valence-electron chi connectivity index (χ3n) is 3.79. The molecule has 1 saturated heterocycles. The summed E-state index contributed by atoms with van der Waals surface area (Å²) >= 11 is 0. The maximum absolute atomic E-state index is 12.1. The van der Waals surface area contributed by atoms with Crippen LogP contribution in [0, 0.1) is 0 Å². The number of aromatic amines is 1. The smallest absolute Gasteiger partial charge is 0.235 e. The zero-order chi connectivity index (χ0) is 14.7. The van der Waals surface area contributed by atoms with E-state index >= 15 is 0 Å². The van der Waals surface area contributed by atoms with Crippen molar-refractivity contribution in [3.8, 4) is 0 Å². The summed E-state index contributed by atoms with van der Waals surface area (Å²) in [7, 11) is -3.37. The summed E-state index contributed by atoms with van der Waals surface area (Å²) in [6.07, 6.45) is 4.05. The van der Waals surface area contributed by atoms with Crippen molar-refractivity contribution in [3.63, 3.8) is 0 Å². The molecular weight excluding hydrogens is 288 g/mol. The molecule has 2 aromatic rings. The lowest BCUT2D eigenvalue weighted by molar-refractivity contribution is 0.393. The number of rotatable bonds is 5. The van der Waals surface area contributed by atoms with Crippen LogP contribution < -0.4 is 10.0 Å². The lowest BCUT2D eigenvalue weighted by Crippen LogP contribution is -2.36. The molecule has 1 fully saturated rings. The molecule has 1 aliphatic heterocycles. The van der Waals surface area contributed by atoms with Gasteiger partial charge in [0.05, 0.1) is 16.8 Å². The van der Waals surface area contributed by atoms with Gasteiger partial charge in [0.25, 0.3) is 0 Å². The Hall–Kier alpha value is -1.60. The monoisotopic (exact) mass is 308 g/mol. The minimum absolute atomic E-state index is 0.113. The molecule has 21 heavy (non-hydrogen) atoms. The molecule has 1 aliphatic rings. The summed E-state index contributed by atoms with van der Waals surface area (Å²) in [4.78, 5) is 7.20. The quantitative estimate of drug-likeness (QED) is 0.786. The SMILES string of the molecule is O=S(=O)(CCC1CCCCN1)Nc1nc2ccccc2[nH]1. The number of hydrogen-bond donors (Lipinski definition) is 3. The van der Waals surface area contributed by atoms with Gasteiger partial charge in [-0.2, -0.15) is 0 Å². The largest absolute Gasteiger partial charge is 0.323 e. The Balaban J connectivity index is 1.62. The number of nitrogens with zero attached hydrogens (tertiary/aromatic N) is 1. The summed E-state index contributed by atoms with van der Waals surface area (Å²) in [5, 5.41) is 3.36. The van der Waals surface area contributed by atoms with Crippen LogP contribution in [0.3, 0.4) is 0 Å². The molecule has 3 N–H and O–H groups in total. The average molecular weight is 308 g/mol. The predicted octanol–water partition coefficient (Wildman–Crippen LogP) is 1.84. The van der Waals surface area contributed by atoms with Gasteiger partial charge in [-0.25, -0.2) is 13.4 Å². The lowest BCUT2D eigenvalue weighted by atomic mass is 10.0. The van der Waals surface area contributed by atoms with E-state index in [1.807, 2.05) is 24.3 Å². The van der Waals surface area contributed by atoms with E-state index in [2.05, 4.69) is 20.0 Å². The van der Waals surface area contributed by atoms with E-state index in [1.54, 1.807) is 0 Å². The number of nitrogens with one attached hydrogen (secondary N) is 3. The van der Waals surface area contributed by atoms with Crippen molar-refractivity contribution in [3.05, 3.63) is 24.3 Å². The van der Waals surface area contributed by atoms with Gasteiger partial charge in [-0.15, -0.1) is 0 Å². The molecule has 1 aromatic heterocycles. The Morgan fingerprint density at radius 2 is 2.14 bits per heavy atom. The molecular formula is C14H20N4O2S. The summed E-state index contributed by atoms with van der Waals surface area (Å²) in [5.74, 6) is 0.398. The number of fused-ring (bicyclic) bond motifs is 1. The molecule has 0 amide bonds. The van der Waals surface area contributed by atoms with Crippen molar-refractivity contribution in [1.82, 2.24) is 15.3 Å². The van der Waals surface area contributed by atoms with Crippen LogP contribution >= 0.6 is 0 Å². The molecule has 2 heterocycles. The fraction of sp³-hybridized carbons (Fsp3) is 0.500. The number of aromatic nitrogens is 2. The number of sulfonamides is 1. The van der Waals surface area contributed by atoms with Gasteiger partial charge < -0.3 is 10.3 Å². The Morgan fingerprint density at radius 3 is 2.90 bits per heavy atom. The van der Waals surface area contributed by atoms with E-state index in [9.17, 15) is 8.42 Å². The van der Waals surface area contributed by atoms with Crippen molar-refractivity contribution in [2.75, 3.05) is 17.0 Å². The fourth-order valence-corrected chi connectivity index (χ4v) is 3.76. The summed E-state index contributed by atoms with van der Waals surface area (Å²) in [6, 6.07) is 7.77. The highest BCUT2D eigenvalue weighted by molar-refractivity contribution is 7.92. The first kappa shape index (κ1) is 14.3. The van der Waals surface area contributed by atoms with Gasteiger partial charge in [-0.1, -0.05) is 18.6 Å². The van der Waals surface area contributed by atoms with Gasteiger partial charge in [0, 0.05) is 6.04 Å². The molecule has 0 bridgehead atoms. The summed E-state index contributed by atoms with van der Waals surface area (Å²) in [5.41, 5.74) is 1.58. The molecule has 0 aliphatic carbocycles. The van der Waals surface area contributed by atoms with Crippen molar-refractivity contribution in [2.24, 2.45) is 0 Å². The van der Waals surface area contributed by atoms with Crippen LogP contribution in [0.15, 0.2) is 24.3 Å². The molecule has 0 saturated carbocycles. The van der Waals surface area contributed by atoms with Gasteiger partial charge in [0.1, 0.15) is 0 Å². The summed E-state index contributed by atoms with van der Waals surface area (Å²) < 4.78 is 26.8. The van der Waals surface area contributed by atoms with E-state index in [1.165, 1.54) is 12.8 Å². The molecule has 1 aromatic carbocycles. The third-order valence-corrected chi connectivity index (χ3v) is 5.07. The Morgan fingerprint density at radius 1 is 1.29 bits per heavy atom. The van der Waals surface area contributed by atoms with E-state index < -0.39 is 10.0 Å². The second kappa shape index (κ2) is 6.03. The number of imidazole rings is 1. The predicted molar refractivity (Wildman–Crippen MR) is 83.8 cm³/mol. The highest BCUT2D eigenvalue weighted by Crippen LogP contribution is 2.15. The van der Waals surface area contributed by atoms with Crippen LogP contribution in [-0.4, -0.2) is 36.7 Å². The van der Waals surface area contributed by atoms with Gasteiger partial charge in [0.15, 0.2) is 0 Å². The molecule has 7 heteroatoms. The second-order valence-corrected chi connectivity index (χ2v) is 7.30. The number of anilines is 1. The number of hydrogen-bond acceptors (Lipinski definition) is 4. The van der Waals surface area contributed by atoms with Gasteiger partial charge >= 0.3 is 0 Å². The van der Waals surface area contributed by atoms with Crippen LogP contribution in [-0.2, 0) is 10.0 Å². The molecule has 6 nitrogen and oxygen atoms in total. The number of H-pyrrole nitrogens is 1. The van der Waals surface area contributed by atoms with E-state index in [0.717, 1.165) is 24.0 Å². The molecule has 114 valence electrons. The number of benzene rings is 1. The van der Waals surface area contributed by atoms with Crippen LogP contribution in [0.1, 0.15) is 25.7 Å². The molecule has 0 radical (unpaired) electrons. The Kier molecular flexibility index (Phi) is 4.12. The molecule has 0 spiro atoms. The highest BCUT2D eigenvalue weighted by atomic mass is 32.2. The first-order valence-corrected chi connectivity index (χ1v) is 8.96. The Labute approximate surface area is 124 Å². The number of para-hydroxylation sites is 2. The van der Waals surface area contributed by atoms with E-state index in [0.29, 0.717) is 12.5 Å². The third kappa shape index (κ3) is 3.74. The minimum Gasteiger partial charge on any atom is -0.323 e. The lowest BCUT2D eigenvalue weighted by Gasteiger charge is -2.23. The Bertz CT molecular complexity index is 672. The molecule has 3 rings (SSSR count). The second-order valence-electron chi connectivity index (χ2n) is 5.46. The minimum atomic E-state index is -3.37. The summed E-state index contributed by atoms with van der Waals surface area (Å²) in [6.45, 7) is 0.988. The molecule has 1 unspecified atom stereocenters. The standard InChI is InChI=1S/C14H20N4O2S/c19-21(20,10-8-11-5-3-4-9-15-11)18-14-16-12-6-1-2-7-13(12)17-14/h1-2,6-7,11,15H,3-5,8-10H2,(H2,16,17,18). The maximum atomic E-state index is 12.1. The number of piperidine rings is 1. The zero-order valence-electron chi connectivity index (χ0n) is 11.8. The van der Waals surface area contributed by atoms with E-state index in [-0.39, 0.29) is 11.7 Å². The van der Waals surface area contributed by atoms with Crippen molar-refractivity contribution >= 4 is 27.0 Å². The topological polar surface area (TPSA) is 86.9 Å². The molecule has 1 atom stereocenters. The van der Waals surface area contributed by atoms with Crippen molar-refractivity contribution in [1.29, 1.82) is 0 Å². The normalized spacial score (nSPS) is 19.7. The van der Waals surface area contributed by atoms with Crippen LogP contribution in [0.2, 0.25) is 0 Å². The van der Waals surface area contributed by atoms with Crippen molar-refractivity contribution in [2.45, 2.75) is 31.7 Å². The van der Waals surface area contributed by atoms with Gasteiger partial charge in [0.2, 0.25) is 16.0 Å². The van der Waals surface area contributed by atoms with Crippen LogP contribution in [0.5, 0.6) is 0 Å². The maximum Gasteiger partial charge on any atom is 0.235 e. The average Bonchev–Trinajstić information content (AvgIpc) is 2.87.